The lowest BCUT2D eigenvalue weighted by molar-refractivity contribution is 0.111. The van der Waals surface area contributed by atoms with Crippen molar-refractivity contribution in [2.45, 2.75) is 51.7 Å². The Kier molecular flexibility index (Phi) is 5.82. The molecule has 1 aliphatic heterocycles. The van der Waals surface area contributed by atoms with Gasteiger partial charge in [-0.2, -0.15) is 0 Å². The Bertz CT molecular complexity index is 745. The molecule has 0 spiro atoms. The molecule has 0 bridgehead atoms. The Balaban J connectivity index is 1.76. The molecule has 0 radical (unpaired) electrons. The molecule has 0 saturated carbocycles. The number of likely N-dealkylation sites (tertiary alicyclic amines) is 1. The highest BCUT2D eigenvalue weighted by molar-refractivity contribution is 5.86. The molecular weight excluding hydrogens is 322 g/mol. The van der Waals surface area contributed by atoms with Gasteiger partial charge in [-0.25, -0.2) is 4.79 Å². The van der Waals surface area contributed by atoms with Gasteiger partial charge in [0.1, 0.15) is 0 Å². The van der Waals surface area contributed by atoms with Crippen molar-refractivity contribution in [1.29, 1.82) is 0 Å². The first-order valence-electron chi connectivity index (χ1n) is 9.72. The highest BCUT2D eigenvalue weighted by Crippen LogP contribution is 2.25. The number of fused-ring (bicyclic) bond motifs is 1. The summed E-state index contributed by atoms with van der Waals surface area (Å²) in [5, 5.41) is 5.67. The fourth-order valence-corrected chi connectivity index (χ4v) is 4.06. The second-order valence-corrected chi connectivity index (χ2v) is 7.78. The lowest BCUT2D eigenvalue weighted by atomic mass is 9.99. The van der Waals surface area contributed by atoms with E-state index in [1.807, 2.05) is 0 Å². The summed E-state index contributed by atoms with van der Waals surface area (Å²) in [5.41, 5.74) is 1.17. The Morgan fingerprint density at radius 3 is 2.42 bits per heavy atom. The molecule has 1 saturated heterocycles. The number of benzene rings is 2. The standard InChI is InChI=1S/C22H31N3O/c1-16(2)25(19-12-14-24(4)15-13-19)22(26)23-17(3)20-11-7-9-18-8-5-6-10-21(18)20/h5-11,16-17,19H,12-15H2,1-4H3,(H,23,26). The summed E-state index contributed by atoms with van der Waals surface area (Å²) >= 11 is 0. The van der Waals surface area contributed by atoms with Crippen molar-refractivity contribution in [3.63, 3.8) is 0 Å². The molecule has 2 aromatic carbocycles. The third-order valence-corrected chi connectivity index (χ3v) is 5.50. The van der Waals surface area contributed by atoms with Crippen LogP contribution in [0, 0.1) is 0 Å². The molecule has 2 aromatic rings. The van der Waals surface area contributed by atoms with Gasteiger partial charge in [-0.05, 0) is 70.1 Å². The molecular formula is C22H31N3O. The van der Waals surface area contributed by atoms with E-state index in [1.165, 1.54) is 16.3 Å². The third kappa shape index (κ3) is 4.01. The monoisotopic (exact) mass is 353 g/mol. The second kappa shape index (κ2) is 8.09. The van der Waals surface area contributed by atoms with Gasteiger partial charge in [-0.15, -0.1) is 0 Å². The Labute approximate surface area is 157 Å². The van der Waals surface area contributed by atoms with Crippen molar-refractivity contribution in [2.75, 3.05) is 20.1 Å². The smallest absolute Gasteiger partial charge is 0.318 e. The fourth-order valence-electron chi connectivity index (χ4n) is 4.06. The summed E-state index contributed by atoms with van der Waals surface area (Å²) in [4.78, 5) is 17.5. The fraction of sp³-hybridized carbons (Fsp3) is 0.500. The van der Waals surface area contributed by atoms with E-state index in [9.17, 15) is 4.79 Å². The van der Waals surface area contributed by atoms with E-state index in [2.05, 4.69) is 85.4 Å². The van der Waals surface area contributed by atoms with Crippen LogP contribution in [0.4, 0.5) is 4.79 Å². The number of piperidine rings is 1. The number of nitrogens with zero attached hydrogens (tertiary/aromatic N) is 2. The van der Waals surface area contributed by atoms with Crippen molar-refractivity contribution in [3.05, 3.63) is 48.0 Å². The molecule has 1 fully saturated rings. The van der Waals surface area contributed by atoms with Crippen LogP contribution in [0.2, 0.25) is 0 Å². The van der Waals surface area contributed by atoms with Crippen LogP contribution in [-0.4, -0.2) is 48.1 Å². The highest BCUT2D eigenvalue weighted by atomic mass is 16.2. The van der Waals surface area contributed by atoms with E-state index >= 15 is 0 Å². The highest BCUT2D eigenvalue weighted by Gasteiger charge is 2.29. The molecule has 1 N–H and O–H groups in total. The number of rotatable bonds is 4. The van der Waals surface area contributed by atoms with E-state index < -0.39 is 0 Å². The minimum absolute atomic E-state index is 0.0267. The maximum Gasteiger partial charge on any atom is 0.318 e. The third-order valence-electron chi connectivity index (χ3n) is 5.50. The number of nitrogens with one attached hydrogen (secondary N) is 1. The Morgan fingerprint density at radius 1 is 1.08 bits per heavy atom. The van der Waals surface area contributed by atoms with Crippen LogP contribution in [0.25, 0.3) is 10.8 Å². The minimum atomic E-state index is -0.0267. The summed E-state index contributed by atoms with van der Waals surface area (Å²) in [6.45, 7) is 8.41. The average molecular weight is 354 g/mol. The van der Waals surface area contributed by atoms with Crippen LogP contribution >= 0.6 is 0 Å². The number of hydrogen-bond donors (Lipinski definition) is 1. The first kappa shape index (κ1) is 18.7. The SMILES string of the molecule is CC(NC(=O)N(C(C)C)C1CCN(C)CC1)c1cccc2ccccc12. The van der Waals surface area contributed by atoms with Gasteiger partial charge >= 0.3 is 6.03 Å². The first-order valence-corrected chi connectivity index (χ1v) is 9.72. The van der Waals surface area contributed by atoms with Crippen molar-refractivity contribution in [3.8, 4) is 0 Å². The number of hydrogen-bond acceptors (Lipinski definition) is 2. The minimum Gasteiger partial charge on any atom is -0.331 e. The van der Waals surface area contributed by atoms with Crippen molar-refractivity contribution in [1.82, 2.24) is 15.1 Å². The predicted molar refractivity (Wildman–Crippen MR) is 108 cm³/mol. The lowest BCUT2D eigenvalue weighted by Gasteiger charge is -2.40. The molecule has 0 aliphatic carbocycles. The number of carbonyl (C=O) groups is 1. The maximum atomic E-state index is 13.1. The van der Waals surface area contributed by atoms with Gasteiger partial charge in [0.2, 0.25) is 0 Å². The van der Waals surface area contributed by atoms with Crippen molar-refractivity contribution < 1.29 is 4.79 Å². The van der Waals surface area contributed by atoms with Crippen LogP contribution in [0.5, 0.6) is 0 Å². The Hall–Kier alpha value is -2.07. The van der Waals surface area contributed by atoms with Gasteiger partial charge in [0.25, 0.3) is 0 Å². The van der Waals surface area contributed by atoms with Gasteiger partial charge in [-0.1, -0.05) is 42.5 Å². The molecule has 1 aliphatic rings. The normalized spacial score (nSPS) is 17.4. The number of carbonyl (C=O) groups excluding carboxylic acids is 1. The molecule has 1 unspecified atom stereocenters. The molecule has 4 heteroatoms. The lowest BCUT2D eigenvalue weighted by Crippen LogP contribution is -2.53. The topological polar surface area (TPSA) is 35.6 Å². The molecule has 2 amide bonds. The van der Waals surface area contributed by atoms with Gasteiger partial charge in [-0.3, -0.25) is 0 Å². The van der Waals surface area contributed by atoms with E-state index in [0.717, 1.165) is 25.9 Å². The molecule has 1 atom stereocenters. The van der Waals surface area contributed by atoms with Gasteiger partial charge < -0.3 is 15.1 Å². The summed E-state index contributed by atoms with van der Waals surface area (Å²) in [6, 6.07) is 15.2. The van der Waals surface area contributed by atoms with E-state index in [0.29, 0.717) is 6.04 Å². The van der Waals surface area contributed by atoms with E-state index in [-0.39, 0.29) is 18.1 Å². The van der Waals surface area contributed by atoms with Crippen LogP contribution in [0.3, 0.4) is 0 Å². The zero-order chi connectivity index (χ0) is 18.7. The summed E-state index contributed by atoms with van der Waals surface area (Å²) < 4.78 is 0. The van der Waals surface area contributed by atoms with Gasteiger partial charge in [0.05, 0.1) is 6.04 Å². The zero-order valence-corrected chi connectivity index (χ0v) is 16.4. The first-order chi connectivity index (χ1) is 12.5. The molecule has 0 aromatic heterocycles. The zero-order valence-electron chi connectivity index (χ0n) is 16.4. The quantitative estimate of drug-likeness (QED) is 0.883. The largest absolute Gasteiger partial charge is 0.331 e. The van der Waals surface area contributed by atoms with E-state index in [4.69, 9.17) is 0 Å². The molecule has 140 valence electrons. The van der Waals surface area contributed by atoms with Crippen LogP contribution < -0.4 is 5.32 Å². The van der Waals surface area contributed by atoms with Crippen molar-refractivity contribution in [2.24, 2.45) is 0 Å². The van der Waals surface area contributed by atoms with Gasteiger partial charge in [0, 0.05) is 12.1 Å². The molecule has 4 nitrogen and oxygen atoms in total. The van der Waals surface area contributed by atoms with Crippen LogP contribution in [0.1, 0.15) is 45.2 Å². The summed E-state index contributed by atoms with van der Waals surface area (Å²) in [5.74, 6) is 0. The van der Waals surface area contributed by atoms with E-state index in [1.54, 1.807) is 0 Å². The number of amides is 2. The van der Waals surface area contributed by atoms with Crippen LogP contribution in [-0.2, 0) is 0 Å². The molecule has 3 rings (SSSR count). The van der Waals surface area contributed by atoms with Gasteiger partial charge in [0.15, 0.2) is 0 Å². The summed E-state index contributed by atoms with van der Waals surface area (Å²) in [7, 11) is 2.15. The summed E-state index contributed by atoms with van der Waals surface area (Å²) in [6.07, 6.45) is 2.09. The Morgan fingerprint density at radius 2 is 1.73 bits per heavy atom. The number of urea groups is 1. The molecule has 26 heavy (non-hydrogen) atoms. The predicted octanol–water partition coefficient (Wildman–Crippen LogP) is 4.42. The average Bonchev–Trinajstić information content (AvgIpc) is 2.62. The van der Waals surface area contributed by atoms with Crippen molar-refractivity contribution >= 4 is 16.8 Å². The molecule has 1 heterocycles. The maximum absolute atomic E-state index is 13.1. The van der Waals surface area contributed by atoms with Crippen LogP contribution in [0.15, 0.2) is 42.5 Å². The second-order valence-electron chi connectivity index (χ2n) is 7.78.